The number of ether oxygens (including phenoxy) is 1. The normalized spacial score (nSPS) is 13.4. The predicted octanol–water partition coefficient (Wildman–Crippen LogP) is 7.18. The summed E-state index contributed by atoms with van der Waals surface area (Å²) in [5.74, 6) is 2.57. The van der Waals surface area contributed by atoms with Gasteiger partial charge in [-0.15, -0.1) is 36.2 Å². The molecule has 0 aliphatic carbocycles. The third-order valence-corrected chi connectivity index (χ3v) is 8.18. The number of anilines is 2. The second kappa shape index (κ2) is 14.2. The van der Waals surface area contributed by atoms with Crippen molar-refractivity contribution in [3.05, 3.63) is 71.5 Å². The molecule has 4 heterocycles. The Morgan fingerprint density at radius 1 is 1.10 bits per heavy atom. The van der Waals surface area contributed by atoms with Crippen molar-refractivity contribution in [3.8, 4) is 11.5 Å². The highest BCUT2D eigenvalue weighted by atomic mass is 35.5. The van der Waals surface area contributed by atoms with E-state index < -0.39 is 0 Å². The number of carbonyl (C=O) groups excluding carboxylic acids is 1. The Kier molecular flexibility index (Phi) is 10.7. The van der Waals surface area contributed by atoms with Crippen LogP contribution in [-0.4, -0.2) is 40.1 Å². The maximum Gasteiger partial charge on any atom is 0.220 e. The van der Waals surface area contributed by atoms with E-state index in [4.69, 9.17) is 16.3 Å². The number of halogens is 3. The molecule has 8 nitrogen and oxygen atoms in total. The summed E-state index contributed by atoms with van der Waals surface area (Å²) in [4.78, 5) is 21.3. The van der Waals surface area contributed by atoms with Crippen LogP contribution in [0.5, 0.6) is 11.5 Å². The minimum absolute atomic E-state index is 0. The second-order valence-corrected chi connectivity index (χ2v) is 11.1. The van der Waals surface area contributed by atoms with E-state index in [1.807, 2.05) is 48.7 Å². The molecule has 3 aromatic heterocycles. The average Bonchev–Trinajstić information content (AvgIpc) is 3.58. The van der Waals surface area contributed by atoms with E-state index in [9.17, 15) is 4.79 Å². The Hall–Kier alpha value is -3.08. The highest BCUT2D eigenvalue weighted by Gasteiger charge is 2.17. The van der Waals surface area contributed by atoms with E-state index >= 15 is 0 Å². The number of rotatable bonds is 9. The molecule has 1 fully saturated rings. The largest absolute Gasteiger partial charge is 0.456 e. The van der Waals surface area contributed by atoms with E-state index in [1.165, 1.54) is 16.4 Å². The van der Waals surface area contributed by atoms with Gasteiger partial charge in [0.15, 0.2) is 5.82 Å². The molecular formula is C29H31Cl3N6O2S. The number of hydrogen-bond acceptors (Lipinski definition) is 7. The first-order chi connectivity index (χ1) is 19.1. The van der Waals surface area contributed by atoms with Crippen LogP contribution in [0.4, 0.5) is 11.5 Å². The average molecular weight is 634 g/mol. The van der Waals surface area contributed by atoms with Crippen molar-refractivity contribution >= 4 is 86.3 Å². The molecule has 12 heteroatoms. The third-order valence-electron chi connectivity index (χ3n) is 7.01. The summed E-state index contributed by atoms with van der Waals surface area (Å²) in [6, 6.07) is 15.6. The number of piperidine rings is 1. The lowest BCUT2D eigenvalue weighted by molar-refractivity contribution is -0.122. The minimum atomic E-state index is 0. The van der Waals surface area contributed by atoms with Crippen molar-refractivity contribution < 1.29 is 9.53 Å². The number of thiophene rings is 1. The van der Waals surface area contributed by atoms with Crippen molar-refractivity contribution in [1.82, 2.24) is 25.2 Å². The molecule has 0 atom stereocenters. The van der Waals surface area contributed by atoms with Crippen LogP contribution >= 0.6 is 47.8 Å². The van der Waals surface area contributed by atoms with Gasteiger partial charge in [-0.05, 0) is 91.1 Å². The van der Waals surface area contributed by atoms with Gasteiger partial charge in [0.25, 0.3) is 0 Å². The van der Waals surface area contributed by atoms with E-state index in [0.717, 1.165) is 48.4 Å². The first-order valence-corrected chi connectivity index (χ1v) is 14.4. The fraction of sp³-hybridized carbons (Fsp3) is 0.276. The summed E-state index contributed by atoms with van der Waals surface area (Å²) in [6.45, 7) is 3.15. The summed E-state index contributed by atoms with van der Waals surface area (Å²) in [7, 11) is 0. The van der Waals surface area contributed by atoms with Crippen LogP contribution in [0, 0.1) is 5.92 Å². The lowest BCUT2D eigenvalue weighted by Gasteiger charge is -2.22. The summed E-state index contributed by atoms with van der Waals surface area (Å²) in [5, 5.41) is 13.5. The van der Waals surface area contributed by atoms with Gasteiger partial charge >= 0.3 is 0 Å². The van der Waals surface area contributed by atoms with Gasteiger partial charge in [-0.25, -0.2) is 9.97 Å². The molecule has 6 rings (SSSR count). The lowest BCUT2D eigenvalue weighted by Crippen LogP contribution is -2.33. The van der Waals surface area contributed by atoms with Crippen molar-refractivity contribution in [2.24, 2.45) is 5.92 Å². The van der Waals surface area contributed by atoms with Gasteiger partial charge in [0, 0.05) is 36.1 Å². The SMILES string of the molecule is Cl.Cl.O=C(CC1CCNCC1)NCCn1ccc2ncnc(Nc3ccc(Oc4ccc5ccsc5c4)c(Cl)c3)c21. The van der Waals surface area contributed by atoms with E-state index in [2.05, 4.69) is 41.9 Å². The number of carbonyl (C=O) groups is 1. The summed E-state index contributed by atoms with van der Waals surface area (Å²) in [6.07, 6.45) is 6.22. The molecule has 3 N–H and O–H groups in total. The monoisotopic (exact) mass is 632 g/mol. The number of fused-ring (bicyclic) bond motifs is 2. The maximum atomic E-state index is 12.4. The van der Waals surface area contributed by atoms with Crippen LogP contribution in [0.15, 0.2) is 66.4 Å². The third kappa shape index (κ3) is 7.42. The lowest BCUT2D eigenvalue weighted by atomic mass is 9.94. The molecule has 2 aromatic carbocycles. The molecule has 1 aliphatic rings. The zero-order valence-electron chi connectivity index (χ0n) is 22.1. The standard InChI is InChI=1S/C29H29ClN6O2S.2ClH/c30-23-16-21(2-4-25(23)38-22-3-1-20-8-14-39-26(20)17-22)35-29-28-24(33-18-34-29)7-12-36(28)13-11-32-27(37)15-19-5-9-31-10-6-19;;/h1-4,7-8,12,14,16-19,31H,5-6,9-11,13,15H2,(H,32,37)(H,33,34,35);2*1H. The molecule has 1 aliphatic heterocycles. The van der Waals surface area contributed by atoms with Crippen molar-refractivity contribution in [2.45, 2.75) is 25.8 Å². The van der Waals surface area contributed by atoms with Crippen molar-refractivity contribution in [3.63, 3.8) is 0 Å². The Balaban J connectivity index is 0.00000194. The van der Waals surface area contributed by atoms with Crippen LogP contribution < -0.4 is 20.7 Å². The predicted molar refractivity (Wildman–Crippen MR) is 172 cm³/mol. The Morgan fingerprint density at radius 2 is 1.95 bits per heavy atom. The smallest absolute Gasteiger partial charge is 0.220 e. The van der Waals surface area contributed by atoms with Crippen molar-refractivity contribution in [1.29, 1.82) is 0 Å². The van der Waals surface area contributed by atoms with Gasteiger partial charge < -0.3 is 25.3 Å². The topological polar surface area (TPSA) is 93.1 Å². The molecule has 216 valence electrons. The van der Waals surface area contributed by atoms with Gasteiger partial charge in [-0.3, -0.25) is 4.79 Å². The number of nitrogens with one attached hydrogen (secondary N) is 3. The van der Waals surface area contributed by atoms with Gasteiger partial charge in [-0.1, -0.05) is 11.6 Å². The fourth-order valence-electron chi connectivity index (χ4n) is 4.97. The van der Waals surface area contributed by atoms with Crippen molar-refractivity contribution in [2.75, 3.05) is 25.0 Å². The van der Waals surface area contributed by atoms with Crippen LogP contribution in [0.3, 0.4) is 0 Å². The summed E-state index contributed by atoms with van der Waals surface area (Å²) < 4.78 is 9.28. The number of nitrogens with zero attached hydrogens (tertiary/aromatic N) is 3. The number of hydrogen-bond donors (Lipinski definition) is 3. The molecular weight excluding hydrogens is 603 g/mol. The number of amides is 1. The first-order valence-electron chi connectivity index (χ1n) is 13.1. The van der Waals surface area contributed by atoms with Gasteiger partial charge in [0.05, 0.1) is 10.5 Å². The highest BCUT2D eigenvalue weighted by Crippen LogP contribution is 2.35. The molecule has 5 aromatic rings. The molecule has 41 heavy (non-hydrogen) atoms. The molecule has 1 amide bonds. The fourth-order valence-corrected chi connectivity index (χ4v) is 6.01. The Labute approximate surface area is 259 Å². The zero-order chi connectivity index (χ0) is 26.6. The van der Waals surface area contributed by atoms with Gasteiger partial charge in [-0.2, -0.15) is 0 Å². The quantitative estimate of drug-likeness (QED) is 0.159. The molecule has 1 saturated heterocycles. The molecule has 0 bridgehead atoms. The molecule has 0 radical (unpaired) electrons. The van der Waals surface area contributed by atoms with Crippen LogP contribution in [0.1, 0.15) is 19.3 Å². The second-order valence-electron chi connectivity index (χ2n) is 9.71. The van der Waals surface area contributed by atoms with E-state index in [1.54, 1.807) is 11.3 Å². The number of aromatic nitrogens is 3. The van der Waals surface area contributed by atoms with Crippen LogP contribution in [0.2, 0.25) is 5.02 Å². The van der Waals surface area contributed by atoms with Gasteiger partial charge in [0.2, 0.25) is 5.91 Å². The minimum Gasteiger partial charge on any atom is -0.456 e. The summed E-state index contributed by atoms with van der Waals surface area (Å²) in [5.41, 5.74) is 2.47. The Bertz CT molecular complexity index is 1620. The molecule has 0 spiro atoms. The number of benzene rings is 2. The van der Waals surface area contributed by atoms with E-state index in [-0.39, 0.29) is 30.7 Å². The van der Waals surface area contributed by atoms with Crippen LogP contribution in [0.25, 0.3) is 21.1 Å². The zero-order valence-corrected chi connectivity index (χ0v) is 25.3. The highest BCUT2D eigenvalue weighted by molar-refractivity contribution is 7.17. The molecule has 0 unspecified atom stereocenters. The van der Waals surface area contributed by atoms with E-state index in [0.29, 0.717) is 42.0 Å². The Morgan fingerprint density at radius 3 is 2.78 bits per heavy atom. The first kappa shape index (κ1) is 30.9. The summed E-state index contributed by atoms with van der Waals surface area (Å²) >= 11 is 8.27. The molecule has 0 saturated carbocycles. The maximum absolute atomic E-state index is 12.4. The van der Waals surface area contributed by atoms with Gasteiger partial charge in [0.1, 0.15) is 23.3 Å². The van der Waals surface area contributed by atoms with Crippen LogP contribution in [-0.2, 0) is 11.3 Å².